The highest BCUT2D eigenvalue weighted by molar-refractivity contribution is 6.13. The van der Waals surface area contributed by atoms with E-state index in [1.54, 1.807) is 31.3 Å². The van der Waals surface area contributed by atoms with Gasteiger partial charge in [0.1, 0.15) is 5.92 Å². The fraction of sp³-hybridized carbons (Fsp3) is 0.364. The number of methoxy groups -OCH3 is 2. The van der Waals surface area contributed by atoms with E-state index in [2.05, 4.69) is 5.32 Å². The van der Waals surface area contributed by atoms with Crippen LogP contribution in [0.4, 0.5) is 11.4 Å². The Hall–Kier alpha value is -3.02. The van der Waals surface area contributed by atoms with Gasteiger partial charge in [0, 0.05) is 24.0 Å². The summed E-state index contributed by atoms with van der Waals surface area (Å²) in [6.45, 7) is 6.45. The molecule has 3 rings (SSSR count). The van der Waals surface area contributed by atoms with Crippen molar-refractivity contribution in [3.63, 3.8) is 0 Å². The van der Waals surface area contributed by atoms with E-state index in [1.165, 1.54) is 5.56 Å². The van der Waals surface area contributed by atoms with E-state index in [0.29, 0.717) is 30.2 Å². The van der Waals surface area contributed by atoms with Crippen LogP contribution in [0.25, 0.3) is 0 Å². The summed E-state index contributed by atoms with van der Waals surface area (Å²) >= 11 is 0. The molecule has 6 nitrogen and oxygen atoms in total. The minimum absolute atomic E-state index is 0.168. The van der Waals surface area contributed by atoms with Gasteiger partial charge in [0.25, 0.3) is 0 Å². The molecule has 1 N–H and O–H groups in total. The summed E-state index contributed by atoms with van der Waals surface area (Å²) in [7, 11) is 3.11. The number of aryl methyl sites for hydroxylation is 3. The van der Waals surface area contributed by atoms with E-state index in [0.717, 1.165) is 16.8 Å². The van der Waals surface area contributed by atoms with Crippen LogP contribution in [0.5, 0.6) is 11.5 Å². The molecule has 0 aromatic heterocycles. The molecular formula is C22H26N2O4. The number of nitrogens with one attached hydrogen (secondary N) is 1. The van der Waals surface area contributed by atoms with Gasteiger partial charge in [-0.2, -0.15) is 0 Å². The summed E-state index contributed by atoms with van der Waals surface area (Å²) in [6, 6.07) is 9.43. The normalized spacial score (nSPS) is 16.2. The van der Waals surface area contributed by atoms with Crippen LogP contribution in [0.1, 0.15) is 23.1 Å². The molecule has 2 amide bonds. The SMILES string of the molecule is COc1cc(C)c(NC(=O)C2CCN(c3ccc(C)c(C)c3)C2=O)cc1OC. The van der Waals surface area contributed by atoms with E-state index >= 15 is 0 Å². The number of benzene rings is 2. The third kappa shape index (κ3) is 3.67. The first kappa shape index (κ1) is 19.7. The lowest BCUT2D eigenvalue weighted by Gasteiger charge is -2.18. The smallest absolute Gasteiger partial charge is 0.239 e. The quantitative estimate of drug-likeness (QED) is 0.802. The zero-order valence-electron chi connectivity index (χ0n) is 17.0. The van der Waals surface area contributed by atoms with E-state index in [-0.39, 0.29) is 11.8 Å². The standard InChI is InChI=1S/C22H26N2O4/c1-13-6-7-16(10-14(13)2)24-9-8-17(22(24)26)21(25)23-18-12-20(28-5)19(27-4)11-15(18)3/h6-7,10-12,17H,8-9H2,1-5H3,(H,23,25). The first-order valence-corrected chi connectivity index (χ1v) is 9.27. The van der Waals surface area contributed by atoms with Crippen molar-refractivity contribution in [3.8, 4) is 11.5 Å². The topological polar surface area (TPSA) is 67.9 Å². The van der Waals surface area contributed by atoms with Crippen molar-refractivity contribution in [1.82, 2.24) is 0 Å². The summed E-state index contributed by atoms with van der Waals surface area (Å²) in [4.78, 5) is 27.4. The Kier molecular flexibility index (Phi) is 5.58. The van der Waals surface area contributed by atoms with E-state index < -0.39 is 5.92 Å². The summed E-state index contributed by atoms with van der Waals surface area (Å²) in [5, 5.41) is 2.88. The highest BCUT2D eigenvalue weighted by Gasteiger charge is 2.37. The van der Waals surface area contributed by atoms with Crippen molar-refractivity contribution in [3.05, 3.63) is 47.0 Å². The van der Waals surface area contributed by atoms with E-state index in [9.17, 15) is 9.59 Å². The van der Waals surface area contributed by atoms with Gasteiger partial charge >= 0.3 is 0 Å². The molecule has 1 saturated heterocycles. The average molecular weight is 382 g/mol. The highest BCUT2D eigenvalue weighted by atomic mass is 16.5. The molecule has 0 saturated carbocycles. The van der Waals surface area contributed by atoms with Crippen molar-refractivity contribution < 1.29 is 19.1 Å². The van der Waals surface area contributed by atoms with Gasteiger partial charge in [-0.05, 0) is 62.1 Å². The van der Waals surface area contributed by atoms with Crippen LogP contribution in [-0.4, -0.2) is 32.6 Å². The van der Waals surface area contributed by atoms with E-state index in [4.69, 9.17) is 9.47 Å². The number of nitrogens with zero attached hydrogens (tertiary/aromatic N) is 1. The Bertz CT molecular complexity index is 923. The molecule has 0 bridgehead atoms. The van der Waals surface area contributed by atoms with Crippen LogP contribution in [0, 0.1) is 26.7 Å². The largest absolute Gasteiger partial charge is 0.493 e. The van der Waals surface area contributed by atoms with Crippen molar-refractivity contribution in [2.75, 3.05) is 31.0 Å². The van der Waals surface area contributed by atoms with E-state index in [1.807, 2.05) is 39.0 Å². The molecule has 1 aliphatic heterocycles. The Morgan fingerprint density at radius 2 is 1.68 bits per heavy atom. The number of carbonyl (C=O) groups is 2. The molecule has 0 aliphatic carbocycles. The van der Waals surface area contributed by atoms with Gasteiger partial charge in [-0.25, -0.2) is 0 Å². The second-order valence-electron chi connectivity index (χ2n) is 7.11. The number of anilines is 2. The predicted molar refractivity (Wildman–Crippen MR) is 109 cm³/mol. The Morgan fingerprint density at radius 1 is 1.00 bits per heavy atom. The molecule has 1 aliphatic rings. The van der Waals surface area contributed by atoms with Crippen molar-refractivity contribution >= 4 is 23.2 Å². The van der Waals surface area contributed by atoms with Crippen LogP contribution >= 0.6 is 0 Å². The minimum atomic E-state index is -0.700. The number of carbonyl (C=O) groups excluding carboxylic acids is 2. The van der Waals surface area contributed by atoms with Gasteiger partial charge in [-0.3, -0.25) is 9.59 Å². The van der Waals surface area contributed by atoms with Gasteiger partial charge in [-0.1, -0.05) is 6.07 Å². The molecule has 1 unspecified atom stereocenters. The molecule has 1 fully saturated rings. The minimum Gasteiger partial charge on any atom is -0.493 e. The van der Waals surface area contributed by atoms with Gasteiger partial charge in [0.2, 0.25) is 11.8 Å². The fourth-order valence-corrected chi connectivity index (χ4v) is 3.41. The maximum atomic E-state index is 12.9. The lowest BCUT2D eigenvalue weighted by Crippen LogP contribution is -2.33. The third-order valence-corrected chi connectivity index (χ3v) is 5.31. The average Bonchev–Trinajstić information content (AvgIpc) is 3.06. The molecule has 2 aromatic carbocycles. The van der Waals surface area contributed by atoms with Crippen LogP contribution < -0.4 is 19.7 Å². The Morgan fingerprint density at radius 3 is 2.32 bits per heavy atom. The van der Waals surface area contributed by atoms with Gasteiger partial charge < -0.3 is 19.7 Å². The first-order chi connectivity index (χ1) is 13.3. The lowest BCUT2D eigenvalue weighted by molar-refractivity contribution is -0.129. The number of hydrogen-bond donors (Lipinski definition) is 1. The van der Waals surface area contributed by atoms with Crippen LogP contribution in [0.2, 0.25) is 0 Å². The lowest BCUT2D eigenvalue weighted by atomic mass is 10.1. The highest BCUT2D eigenvalue weighted by Crippen LogP contribution is 2.34. The number of amides is 2. The molecule has 6 heteroatoms. The molecular weight excluding hydrogens is 356 g/mol. The molecule has 1 heterocycles. The summed E-state index contributed by atoms with van der Waals surface area (Å²) in [6.07, 6.45) is 0.490. The summed E-state index contributed by atoms with van der Waals surface area (Å²) in [5.74, 6) is -0.0478. The number of hydrogen-bond acceptors (Lipinski definition) is 4. The summed E-state index contributed by atoms with van der Waals surface area (Å²) in [5.41, 5.74) is 4.58. The van der Waals surface area contributed by atoms with Crippen LogP contribution in [0.3, 0.4) is 0 Å². The Labute approximate surface area is 165 Å². The van der Waals surface area contributed by atoms with Gasteiger partial charge in [-0.15, -0.1) is 0 Å². The zero-order valence-corrected chi connectivity index (χ0v) is 17.0. The zero-order chi connectivity index (χ0) is 20.4. The fourth-order valence-electron chi connectivity index (χ4n) is 3.41. The summed E-state index contributed by atoms with van der Waals surface area (Å²) < 4.78 is 10.6. The van der Waals surface area contributed by atoms with Crippen molar-refractivity contribution in [1.29, 1.82) is 0 Å². The van der Waals surface area contributed by atoms with Gasteiger partial charge in [0.15, 0.2) is 11.5 Å². The van der Waals surface area contributed by atoms with Gasteiger partial charge in [0.05, 0.1) is 14.2 Å². The van der Waals surface area contributed by atoms with Crippen LogP contribution in [0.15, 0.2) is 30.3 Å². The molecule has 1 atom stereocenters. The second-order valence-corrected chi connectivity index (χ2v) is 7.11. The maximum Gasteiger partial charge on any atom is 0.239 e. The molecule has 2 aromatic rings. The first-order valence-electron chi connectivity index (χ1n) is 9.27. The maximum absolute atomic E-state index is 12.9. The molecule has 28 heavy (non-hydrogen) atoms. The van der Waals surface area contributed by atoms with Crippen molar-refractivity contribution in [2.24, 2.45) is 5.92 Å². The second kappa shape index (κ2) is 7.92. The van der Waals surface area contributed by atoms with Crippen LogP contribution in [-0.2, 0) is 9.59 Å². The number of rotatable bonds is 5. The number of ether oxygens (including phenoxy) is 2. The monoisotopic (exact) mass is 382 g/mol. The molecule has 0 radical (unpaired) electrons. The predicted octanol–water partition coefficient (Wildman–Crippen LogP) is 3.62. The third-order valence-electron chi connectivity index (χ3n) is 5.31. The Balaban J connectivity index is 1.77. The molecule has 0 spiro atoms. The van der Waals surface area contributed by atoms with Crippen molar-refractivity contribution in [2.45, 2.75) is 27.2 Å². The molecule has 148 valence electrons.